The summed E-state index contributed by atoms with van der Waals surface area (Å²) in [5.74, 6) is -3.85. The molecule has 0 spiro atoms. The highest BCUT2D eigenvalue weighted by Crippen LogP contribution is 2.19. The minimum absolute atomic E-state index is 0.0803. The Morgan fingerprint density at radius 3 is 2.48 bits per heavy atom. The van der Waals surface area contributed by atoms with E-state index in [1.54, 1.807) is 18.3 Å². The molecule has 8 nitrogen and oxygen atoms in total. The van der Waals surface area contributed by atoms with E-state index in [9.17, 15) is 19.5 Å². The number of phenolic OH excluding ortho intramolecular Hbond substituents is 1. The van der Waals surface area contributed by atoms with Gasteiger partial charge in [-0.3, -0.25) is 9.78 Å². The summed E-state index contributed by atoms with van der Waals surface area (Å²) in [6.45, 7) is 0. The highest BCUT2D eigenvalue weighted by atomic mass is 16.4. The number of carbonyl (C=O) groups is 3. The predicted octanol–water partition coefficient (Wildman–Crippen LogP) is 0.527. The third-order valence-electron chi connectivity index (χ3n) is 3.16. The van der Waals surface area contributed by atoms with Gasteiger partial charge in [0.05, 0.1) is 5.52 Å². The Bertz CT molecular complexity index is 760. The largest absolute Gasteiger partial charge is 0.508 e. The van der Waals surface area contributed by atoms with E-state index in [4.69, 9.17) is 10.2 Å². The number of aryl methyl sites for hydroxylation is 1. The first-order valence-corrected chi connectivity index (χ1v) is 6.69. The van der Waals surface area contributed by atoms with Crippen LogP contribution in [0.25, 0.3) is 10.9 Å². The SMILES string of the molecule is O=C(CCc1cnc2ccc(O)cc2c1)NC(C(=O)O)C(=O)O. The first-order valence-electron chi connectivity index (χ1n) is 6.69. The van der Waals surface area contributed by atoms with Crippen LogP contribution in [0.2, 0.25) is 0 Å². The lowest BCUT2D eigenvalue weighted by Gasteiger charge is -2.10. The Hall–Kier alpha value is -3.16. The maximum atomic E-state index is 11.7. The van der Waals surface area contributed by atoms with Crippen molar-refractivity contribution in [3.8, 4) is 5.75 Å². The Kier molecular flexibility index (Phi) is 4.75. The fourth-order valence-electron chi connectivity index (χ4n) is 2.02. The number of carboxylic acids is 2. The van der Waals surface area contributed by atoms with Crippen molar-refractivity contribution in [1.82, 2.24) is 10.3 Å². The van der Waals surface area contributed by atoms with Gasteiger partial charge in [0, 0.05) is 18.0 Å². The number of pyridine rings is 1. The molecule has 1 heterocycles. The number of aliphatic carboxylic acids is 2. The van der Waals surface area contributed by atoms with Crippen molar-refractivity contribution >= 4 is 28.7 Å². The zero-order valence-corrected chi connectivity index (χ0v) is 11.9. The number of aromatic hydroxyl groups is 1. The van der Waals surface area contributed by atoms with Crippen molar-refractivity contribution in [1.29, 1.82) is 0 Å². The second-order valence-corrected chi connectivity index (χ2v) is 4.90. The average molecular weight is 318 g/mol. The van der Waals surface area contributed by atoms with Gasteiger partial charge in [-0.15, -0.1) is 0 Å². The van der Waals surface area contributed by atoms with E-state index >= 15 is 0 Å². The minimum atomic E-state index is -1.96. The van der Waals surface area contributed by atoms with Gasteiger partial charge in [0.25, 0.3) is 0 Å². The van der Waals surface area contributed by atoms with E-state index in [1.165, 1.54) is 12.1 Å². The van der Waals surface area contributed by atoms with Gasteiger partial charge in [-0.05, 0) is 36.2 Å². The molecular weight excluding hydrogens is 304 g/mol. The molecule has 120 valence electrons. The summed E-state index contributed by atoms with van der Waals surface area (Å²) in [7, 11) is 0. The number of nitrogens with one attached hydrogen (secondary N) is 1. The molecule has 1 aromatic heterocycles. The molecule has 0 saturated heterocycles. The van der Waals surface area contributed by atoms with E-state index in [1.807, 2.05) is 5.32 Å². The number of benzene rings is 1. The molecule has 1 amide bonds. The van der Waals surface area contributed by atoms with E-state index in [0.717, 1.165) is 0 Å². The molecule has 0 saturated carbocycles. The monoisotopic (exact) mass is 318 g/mol. The molecule has 0 fully saturated rings. The van der Waals surface area contributed by atoms with Crippen LogP contribution in [0.4, 0.5) is 0 Å². The van der Waals surface area contributed by atoms with Gasteiger partial charge in [0.1, 0.15) is 5.75 Å². The van der Waals surface area contributed by atoms with Crippen LogP contribution < -0.4 is 5.32 Å². The summed E-state index contributed by atoms with van der Waals surface area (Å²) in [5, 5.41) is 29.5. The third-order valence-corrected chi connectivity index (χ3v) is 3.16. The van der Waals surface area contributed by atoms with Gasteiger partial charge in [0.2, 0.25) is 11.9 Å². The van der Waals surface area contributed by atoms with Gasteiger partial charge in [-0.2, -0.15) is 0 Å². The standard InChI is InChI=1S/C15H14N2O6/c18-10-2-3-11-9(6-10)5-8(7-16-11)1-4-12(19)17-13(14(20)21)15(22)23/h2-3,5-7,13,18H,1,4H2,(H,17,19)(H,20,21)(H,22,23). The molecule has 0 aliphatic rings. The van der Waals surface area contributed by atoms with Crippen molar-refractivity contribution in [2.24, 2.45) is 0 Å². The van der Waals surface area contributed by atoms with E-state index in [-0.39, 0.29) is 18.6 Å². The summed E-state index contributed by atoms with van der Waals surface area (Å²) < 4.78 is 0. The Morgan fingerprint density at radius 1 is 1.13 bits per heavy atom. The number of hydrogen-bond donors (Lipinski definition) is 4. The molecule has 4 N–H and O–H groups in total. The fraction of sp³-hybridized carbons (Fsp3) is 0.200. The van der Waals surface area contributed by atoms with E-state index < -0.39 is 23.9 Å². The van der Waals surface area contributed by atoms with Gasteiger partial charge in [-0.1, -0.05) is 0 Å². The van der Waals surface area contributed by atoms with E-state index in [2.05, 4.69) is 4.98 Å². The van der Waals surface area contributed by atoms with Gasteiger partial charge in [0.15, 0.2) is 0 Å². The molecule has 0 aliphatic carbocycles. The number of fused-ring (bicyclic) bond motifs is 1. The van der Waals surface area contributed by atoms with Crippen LogP contribution in [0.15, 0.2) is 30.5 Å². The van der Waals surface area contributed by atoms with Crippen molar-refractivity contribution in [2.45, 2.75) is 18.9 Å². The third kappa shape index (κ3) is 4.16. The van der Waals surface area contributed by atoms with Crippen LogP contribution in [-0.2, 0) is 20.8 Å². The zero-order valence-electron chi connectivity index (χ0n) is 11.9. The van der Waals surface area contributed by atoms with Gasteiger partial charge >= 0.3 is 11.9 Å². The van der Waals surface area contributed by atoms with Gasteiger partial charge in [-0.25, -0.2) is 9.59 Å². The Labute approximate surface area is 130 Å². The molecule has 2 aromatic rings. The summed E-state index contributed by atoms with van der Waals surface area (Å²) in [5.41, 5.74) is 1.40. The lowest BCUT2D eigenvalue weighted by molar-refractivity contribution is -0.153. The number of nitrogens with zero attached hydrogens (tertiary/aromatic N) is 1. The molecule has 0 radical (unpaired) electrons. The number of phenols is 1. The highest BCUT2D eigenvalue weighted by Gasteiger charge is 2.27. The molecule has 2 rings (SSSR count). The topological polar surface area (TPSA) is 137 Å². The van der Waals surface area contributed by atoms with Crippen molar-refractivity contribution < 1.29 is 29.7 Å². The normalized spacial score (nSPS) is 10.7. The van der Waals surface area contributed by atoms with E-state index in [0.29, 0.717) is 16.5 Å². The molecule has 1 aromatic carbocycles. The smallest absolute Gasteiger partial charge is 0.338 e. The van der Waals surface area contributed by atoms with Crippen LogP contribution in [0.1, 0.15) is 12.0 Å². The number of carbonyl (C=O) groups excluding carboxylic acids is 1. The minimum Gasteiger partial charge on any atom is -0.508 e. The molecule has 8 heteroatoms. The van der Waals surface area contributed by atoms with Crippen molar-refractivity contribution in [3.05, 3.63) is 36.0 Å². The van der Waals surface area contributed by atoms with Crippen LogP contribution in [-0.4, -0.2) is 44.2 Å². The Morgan fingerprint density at radius 2 is 1.83 bits per heavy atom. The lowest BCUT2D eigenvalue weighted by atomic mass is 10.1. The number of rotatable bonds is 6. The maximum Gasteiger partial charge on any atom is 0.338 e. The van der Waals surface area contributed by atoms with Gasteiger partial charge < -0.3 is 20.6 Å². The molecule has 0 unspecified atom stereocenters. The summed E-state index contributed by atoms with van der Waals surface area (Å²) >= 11 is 0. The predicted molar refractivity (Wildman–Crippen MR) is 78.9 cm³/mol. The first kappa shape index (κ1) is 16.2. The molecular formula is C15H14N2O6. The second kappa shape index (κ2) is 6.73. The fourth-order valence-corrected chi connectivity index (χ4v) is 2.02. The Balaban J connectivity index is 2.01. The highest BCUT2D eigenvalue weighted by molar-refractivity contribution is 6.00. The number of amides is 1. The second-order valence-electron chi connectivity index (χ2n) is 4.90. The summed E-state index contributed by atoms with van der Waals surface area (Å²) in [6, 6.07) is 4.50. The lowest BCUT2D eigenvalue weighted by Crippen LogP contribution is -2.46. The van der Waals surface area contributed by atoms with Crippen LogP contribution in [0, 0.1) is 0 Å². The average Bonchev–Trinajstić information content (AvgIpc) is 2.49. The number of carboxylic acid groups (broad SMARTS) is 2. The van der Waals surface area contributed by atoms with Crippen molar-refractivity contribution in [3.63, 3.8) is 0 Å². The summed E-state index contributed by atoms with van der Waals surface area (Å²) in [4.78, 5) is 37.2. The van der Waals surface area contributed by atoms with Crippen molar-refractivity contribution in [2.75, 3.05) is 0 Å². The maximum absolute atomic E-state index is 11.7. The molecule has 0 atom stereocenters. The van der Waals surface area contributed by atoms with Crippen LogP contribution in [0.5, 0.6) is 5.75 Å². The number of aromatic nitrogens is 1. The van der Waals surface area contributed by atoms with Crippen LogP contribution in [0.3, 0.4) is 0 Å². The summed E-state index contributed by atoms with van der Waals surface area (Å²) in [6.07, 6.45) is 1.75. The molecule has 23 heavy (non-hydrogen) atoms. The molecule has 0 aliphatic heterocycles. The zero-order chi connectivity index (χ0) is 17.0. The molecule has 0 bridgehead atoms. The van der Waals surface area contributed by atoms with Crippen LogP contribution >= 0.6 is 0 Å². The first-order chi connectivity index (χ1) is 10.9. The number of hydrogen-bond acceptors (Lipinski definition) is 5. The quantitative estimate of drug-likeness (QED) is 0.570.